The van der Waals surface area contributed by atoms with Gasteiger partial charge in [-0.15, -0.1) is 0 Å². The van der Waals surface area contributed by atoms with Gasteiger partial charge in [-0.05, 0) is 64.1 Å². The molecule has 0 bridgehead atoms. The minimum absolute atomic E-state index is 0.414. The summed E-state index contributed by atoms with van der Waals surface area (Å²) < 4.78 is 24.7. The first kappa shape index (κ1) is 19.5. The van der Waals surface area contributed by atoms with Gasteiger partial charge in [0.15, 0.2) is 0 Å². The number of fused-ring (bicyclic) bond motifs is 3. The zero-order chi connectivity index (χ0) is 19.7. The van der Waals surface area contributed by atoms with Crippen molar-refractivity contribution in [1.29, 1.82) is 0 Å². The number of rotatable bonds is 8. The average Bonchev–Trinajstić information content (AvgIpc) is 2.98. The van der Waals surface area contributed by atoms with E-state index in [0.29, 0.717) is 13.0 Å². The maximum absolute atomic E-state index is 12.9. The number of aromatic amines is 1. The Morgan fingerprint density at radius 2 is 1.63 bits per heavy atom. The zero-order valence-corrected chi connectivity index (χ0v) is 16.8. The van der Waals surface area contributed by atoms with Gasteiger partial charge in [-0.25, -0.2) is 4.39 Å². The van der Waals surface area contributed by atoms with Crippen molar-refractivity contribution in [3.8, 4) is 5.75 Å². The molecule has 3 aromatic rings. The van der Waals surface area contributed by atoms with Gasteiger partial charge in [0, 0.05) is 41.0 Å². The molecule has 0 aliphatic rings. The van der Waals surface area contributed by atoms with Gasteiger partial charge < -0.3 is 19.8 Å². The van der Waals surface area contributed by atoms with Crippen LogP contribution in [0.5, 0.6) is 5.75 Å². The molecule has 0 atom stereocenters. The predicted octanol–water partition coefficient (Wildman–Crippen LogP) is 5.68. The van der Waals surface area contributed by atoms with E-state index in [4.69, 9.17) is 9.47 Å². The Morgan fingerprint density at radius 3 is 2.30 bits per heavy atom. The minimum atomic E-state index is -0.746. The molecular formula is C22H29FN2O2. The lowest BCUT2D eigenvalue weighted by Crippen LogP contribution is -2.33. The van der Waals surface area contributed by atoms with Crippen LogP contribution in [-0.4, -0.2) is 36.5 Å². The van der Waals surface area contributed by atoms with Gasteiger partial charge in [-0.1, -0.05) is 0 Å². The van der Waals surface area contributed by atoms with Crippen molar-refractivity contribution in [1.82, 2.24) is 4.98 Å². The van der Waals surface area contributed by atoms with Gasteiger partial charge >= 0.3 is 0 Å². The third-order valence-electron chi connectivity index (χ3n) is 4.77. The van der Waals surface area contributed by atoms with Crippen molar-refractivity contribution >= 4 is 27.5 Å². The third-order valence-corrected chi connectivity index (χ3v) is 4.77. The lowest BCUT2D eigenvalue weighted by Gasteiger charge is -2.29. The van der Waals surface area contributed by atoms with Crippen LogP contribution in [0.1, 0.15) is 34.1 Å². The molecule has 27 heavy (non-hydrogen) atoms. The van der Waals surface area contributed by atoms with Crippen LogP contribution in [0.25, 0.3) is 21.8 Å². The monoisotopic (exact) mass is 372 g/mol. The lowest BCUT2D eigenvalue weighted by atomic mass is 10.0. The van der Waals surface area contributed by atoms with Crippen molar-refractivity contribution in [3.63, 3.8) is 0 Å². The summed E-state index contributed by atoms with van der Waals surface area (Å²) >= 11 is 0. The summed E-state index contributed by atoms with van der Waals surface area (Å²) in [6, 6.07) is 12.4. The van der Waals surface area contributed by atoms with Gasteiger partial charge in [0.1, 0.15) is 18.0 Å². The second-order valence-corrected chi connectivity index (χ2v) is 8.20. The quantitative estimate of drug-likeness (QED) is 0.535. The Bertz CT molecular complexity index is 931. The molecule has 5 heteroatoms. The summed E-state index contributed by atoms with van der Waals surface area (Å²) in [5.41, 5.74) is 2.09. The number of aromatic nitrogens is 1. The number of nitrogens with one attached hydrogen (secondary N) is 2. The molecule has 0 amide bonds. The van der Waals surface area contributed by atoms with Crippen LogP contribution in [0.15, 0.2) is 36.4 Å². The number of hydrogen-bond acceptors (Lipinski definition) is 3. The second kappa shape index (κ2) is 7.39. The van der Waals surface area contributed by atoms with Crippen LogP contribution in [0, 0.1) is 0 Å². The van der Waals surface area contributed by atoms with Crippen LogP contribution in [0.3, 0.4) is 0 Å². The molecule has 0 saturated heterocycles. The van der Waals surface area contributed by atoms with E-state index in [1.54, 1.807) is 13.8 Å². The first-order valence-corrected chi connectivity index (χ1v) is 9.35. The fraction of sp³-hybridized carbons (Fsp3) is 0.455. The number of ether oxygens (including phenoxy) is 2. The van der Waals surface area contributed by atoms with E-state index in [0.717, 1.165) is 33.2 Å². The van der Waals surface area contributed by atoms with Gasteiger partial charge in [0.25, 0.3) is 0 Å². The molecule has 0 fully saturated rings. The molecule has 0 unspecified atom stereocenters. The molecule has 2 aromatic carbocycles. The maximum Gasteiger partial charge on any atom is 0.120 e. The van der Waals surface area contributed by atoms with E-state index in [2.05, 4.69) is 34.6 Å². The molecular weight excluding hydrogens is 343 g/mol. The summed E-state index contributed by atoms with van der Waals surface area (Å²) in [6.07, 6.45) is 0.673. The molecule has 146 valence electrons. The van der Waals surface area contributed by atoms with Gasteiger partial charge in [-0.2, -0.15) is 0 Å². The Balaban J connectivity index is 1.79. The van der Waals surface area contributed by atoms with Crippen molar-refractivity contribution in [3.05, 3.63) is 36.4 Å². The van der Waals surface area contributed by atoms with Crippen LogP contribution >= 0.6 is 0 Å². The fourth-order valence-electron chi connectivity index (χ4n) is 3.08. The topological polar surface area (TPSA) is 46.3 Å². The summed E-state index contributed by atoms with van der Waals surface area (Å²) in [7, 11) is 1.92. The van der Waals surface area contributed by atoms with Gasteiger partial charge in [0.05, 0.1) is 12.2 Å². The highest BCUT2D eigenvalue weighted by Gasteiger charge is 2.24. The molecule has 1 heterocycles. The first-order valence-electron chi connectivity index (χ1n) is 9.35. The minimum Gasteiger partial charge on any atom is -0.488 e. The Kier molecular flexibility index (Phi) is 5.33. The molecule has 1 aromatic heterocycles. The highest BCUT2D eigenvalue weighted by atomic mass is 19.1. The van der Waals surface area contributed by atoms with Gasteiger partial charge in [0.2, 0.25) is 0 Å². The molecule has 2 N–H and O–H groups in total. The molecule has 0 radical (unpaired) electrons. The predicted molar refractivity (Wildman–Crippen MR) is 111 cm³/mol. The van der Waals surface area contributed by atoms with E-state index in [9.17, 15) is 4.39 Å². The van der Waals surface area contributed by atoms with E-state index in [1.807, 2.05) is 33.0 Å². The van der Waals surface area contributed by atoms with Crippen LogP contribution in [0.2, 0.25) is 0 Å². The molecule has 4 nitrogen and oxygen atoms in total. The Labute approximate surface area is 160 Å². The van der Waals surface area contributed by atoms with E-state index < -0.39 is 17.9 Å². The lowest BCUT2D eigenvalue weighted by molar-refractivity contribution is -0.0524. The normalized spacial score (nSPS) is 12.7. The third kappa shape index (κ3) is 4.53. The Morgan fingerprint density at radius 1 is 0.963 bits per heavy atom. The highest BCUT2D eigenvalue weighted by molar-refractivity contribution is 6.08. The summed E-state index contributed by atoms with van der Waals surface area (Å²) in [6.45, 7) is 7.51. The smallest absolute Gasteiger partial charge is 0.120 e. The number of halogens is 1. The van der Waals surface area contributed by atoms with Gasteiger partial charge in [-0.3, -0.25) is 0 Å². The SMILES string of the molecule is CNc1ccc2[nH]c3ccc(OC(C)(C)CCOC(C)(C)CF)cc3c2c1. The number of benzene rings is 2. The average molecular weight is 372 g/mol. The number of hydrogen-bond donors (Lipinski definition) is 2. The Hall–Kier alpha value is -2.27. The number of H-pyrrole nitrogens is 1. The fourth-order valence-corrected chi connectivity index (χ4v) is 3.08. The van der Waals surface area contributed by atoms with E-state index >= 15 is 0 Å². The molecule has 0 aliphatic heterocycles. The first-order chi connectivity index (χ1) is 12.7. The molecule has 0 aliphatic carbocycles. The molecule has 0 saturated carbocycles. The van der Waals surface area contributed by atoms with Crippen LogP contribution in [0.4, 0.5) is 10.1 Å². The molecule has 3 rings (SSSR count). The maximum atomic E-state index is 12.9. The largest absolute Gasteiger partial charge is 0.488 e. The summed E-state index contributed by atoms with van der Waals surface area (Å²) in [4.78, 5) is 3.44. The molecule has 0 spiro atoms. The van der Waals surface area contributed by atoms with Crippen LogP contribution in [-0.2, 0) is 4.74 Å². The van der Waals surface area contributed by atoms with E-state index in [-0.39, 0.29) is 0 Å². The van der Waals surface area contributed by atoms with E-state index in [1.165, 1.54) is 0 Å². The standard InChI is InChI=1S/C22H29FN2O2/c1-21(2,10-11-26-22(3,4)14-23)27-16-7-9-20-18(13-16)17-12-15(24-5)6-8-19(17)25-20/h6-9,12-13,24-25H,10-11,14H2,1-5H3. The number of anilines is 1. The zero-order valence-electron chi connectivity index (χ0n) is 16.8. The highest BCUT2D eigenvalue weighted by Crippen LogP contribution is 2.32. The van der Waals surface area contributed by atoms with Crippen LogP contribution < -0.4 is 10.1 Å². The number of alkyl halides is 1. The van der Waals surface area contributed by atoms with Crippen molar-refractivity contribution < 1.29 is 13.9 Å². The summed E-state index contributed by atoms with van der Waals surface area (Å²) in [5.74, 6) is 0.813. The van der Waals surface area contributed by atoms with Crippen molar-refractivity contribution in [2.24, 2.45) is 0 Å². The summed E-state index contributed by atoms with van der Waals surface area (Å²) in [5, 5.41) is 5.47. The second-order valence-electron chi connectivity index (χ2n) is 8.20. The van der Waals surface area contributed by atoms with Crippen molar-refractivity contribution in [2.45, 2.75) is 45.3 Å². The van der Waals surface area contributed by atoms with Crippen molar-refractivity contribution in [2.75, 3.05) is 25.6 Å².